The normalized spacial score (nSPS) is 16.6. The largest absolute Gasteiger partial charge is 0.481 e. The second-order valence-electron chi connectivity index (χ2n) is 4.97. The van der Waals surface area contributed by atoms with E-state index in [1.165, 1.54) is 5.69 Å². The lowest BCUT2D eigenvalue weighted by atomic mass is 10.1. The first kappa shape index (κ1) is 14.3. The molecule has 0 spiro atoms. The van der Waals surface area contributed by atoms with E-state index in [4.69, 9.17) is 5.11 Å². The minimum atomic E-state index is -0.751. The quantitative estimate of drug-likeness (QED) is 0.921. The Labute approximate surface area is 122 Å². The van der Waals surface area contributed by atoms with Gasteiger partial charge in [-0.15, -0.1) is 0 Å². The Hall–Kier alpha value is -1.07. The van der Waals surface area contributed by atoms with E-state index in [1.54, 1.807) is 0 Å². The van der Waals surface area contributed by atoms with Gasteiger partial charge in [-0.1, -0.05) is 6.07 Å². The first-order valence-corrected chi connectivity index (χ1v) is 7.29. The van der Waals surface area contributed by atoms with Crippen molar-refractivity contribution in [2.45, 2.75) is 12.8 Å². The number of rotatable bonds is 4. The van der Waals surface area contributed by atoms with E-state index in [-0.39, 0.29) is 6.42 Å². The number of hydrogen-bond acceptors (Lipinski definition) is 3. The minimum absolute atomic E-state index is 0.181. The Balaban J connectivity index is 2.04. The maximum atomic E-state index is 10.6. The van der Waals surface area contributed by atoms with Gasteiger partial charge < -0.3 is 14.9 Å². The molecule has 5 heteroatoms. The predicted molar refractivity (Wildman–Crippen MR) is 79.8 cm³/mol. The number of carbonyl (C=O) groups is 1. The van der Waals surface area contributed by atoms with E-state index < -0.39 is 5.97 Å². The standard InChI is InChI=1S/C14H19BrN2O2/c1-16-6-8-17(9-7-16)13-4-2-11(10-12(13)15)3-5-14(18)19/h2,4,10H,3,5-9H2,1H3,(H,18,19). The fourth-order valence-electron chi connectivity index (χ4n) is 2.26. The molecule has 2 rings (SSSR count). The molecule has 0 amide bonds. The number of anilines is 1. The molecule has 104 valence electrons. The molecule has 1 saturated heterocycles. The van der Waals surface area contributed by atoms with Crippen LogP contribution >= 0.6 is 15.9 Å². The van der Waals surface area contributed by atoms with Gasteiger partial charge in [0, 0.05) is 37.1 Å². The Kier molecular flexibility index (Phi) is 4.82. The lowest BCUT2D eigenvalue weighted by Gasteiger charge is -2.34. The summed E-state index contributed by atoms with van der Waals surface area (Å²) in [7, 11) is 2.14. The average Bonchev–Trinajstić information content (AvgIpc) is 2.38. The second kappa shape index (κ2) is 6.39. The third-order valence-corrected chi connectivity index (χ3v) is 4.12. The highest BCUT2D eigenvalue weighted by Crippen LogP contribution is 2.28. The van der Waals surface area contributed by atoms with Gasteiger partial charge in [-0.2, -0.15) is 0 Å². The van der Waals surface area contributed by atoms with E-state index in [0.29, 0.717) is 6.42 Å². The lowest BCUT2D eigenvalue weighted by Crippen LogP contribution is -2.44. The van der Waals surface area contributed by atoms with Crippen LogP contribution in [0, 0.1) is 0 Å². The third-order valence-electron chi connectivity index (χ3n) is 3.48. The number of nitrogens with zero attached hydrogens (tertiary/aromatic N) is 2. The molecule has 0 radical (unpaired) electrons. The topological polar surface area (TPSA) is 43.8 Å². The molecule has 1 aromatic rings. The predicted octanol–water partition coefficient (Wildman–Crippen LogP) is 2.22. The summed E-state index contributed by atoms with van der Waals surface area (Å²) in [5, 5.41) is 8.70. The molecule has 4 nitrogen and oxygen atoms in total. The number of hydrogen-bond donors (Lipinski definition) is 1. The smallest absolute Gasteiger partial charge is 0.303 e. The summed E-state index contributed by atoms with van der Waals surface area (Å²) in [5.41, 5.74) is 2.26. The Bertz CT molecular complexity index is 457. The van der Waals surface area contributed by atoms with E-state index in [2.05, 4.69) is 38.8 Å². The fraction of sp³-hybridized carbons (Fsp3) is 0.500. The number of likely N-dealkylation sites (N-methyl/N-ethyl adjacent to an activating group) is 1. The van der Waals surface area contributed by atoms with Crippen LogP contribution < -0.4 is 4.90 Å². The molecule has 1 aromatic carbocycles. The Morgan fingerprint density at radius 2 is 2.00 bits per heavy atom. The molecule has 0 aliphatic carbocycles. The van der Waals surface area contributed by atoms with E-state index in [1.807, 2.05) is 12.1 Å². The van der Waals surface area contributed by atoms with Crippen molar-refractivity contribution in [2.75, 3.05) is 38.1 Å². The first-order valence-electron chi connectivity index (χ1n) is 6.50. The summed E-state index contributed by atoms with van der Waals surface area (Å²) in [4.78, 5) is 15.3. The zero-order valence-corrected chi connectivity index (χ0v) is 12.7. The SMILES string of the molecule is CN1CCN(c2ccc(CCC(=O)O)cc2Br)CC1. The molecular weight excluding hydrogens is 308 g/mol. The van der Waals surface area contributed by atoms with Gasteiger partial charge in [0.05, 0.1) is 5.69 Å². The zero-order chi connectivity index (χ0) is 13.8. The average molecular weight is 327 g/mol. The summed E-state index contributed by atoms with van der Waals surface area (Å²) in [6.07, 6.45) is 0.761. The van der Waals surface area contributed by atoms with Crippen LogP contribution in [0.2, 0.25) is 0 Å². The van der Waals surface area contributed by atoms with Gasteiger partial charge in [0.25, 0.3) is 0 Å². The van der Waals surface area contributed by atoms with Gasteiger partial charge in [-0.25, -0.2) is 0 Å². The Morgan fingerprint density at radius 3 is 2.58 bits per heavy atom. The minimum Gasteiger partial charge on any atom is -0.481 e. The molecule has 19 heavy (non-hydrogen) atoms. The molecule has 1 aliphatic heterocycles. The number of aliphatic carboxylic acids is 1. The van der Waals surface area contributed by atoms with Gasteiger partial charge in [0.2, 0.25) is 0 Å². The molecular formula is C14H19BrN2O2. The van der Waals surface area contributed by atoms with Gasteiger partial charge in [-0.05, 0) is 47.1 Å². The number of carboxylic acid groups (broad SMARTS) is 1. The van der Waals surface area contributed by atoms with Gasteiger partial charge in [0.15, 0.2) is 0 Å². The molecule has 0 unspecified atom stereocenters. The van der Waals surface area contributed by atoms with Crippen LogP contribution in [-0.4, -0.2) is 49.2 Å². The number of halogens is 1. The molecule has 0 atom stereocenters. The first-order chi connectivity index (χ1) is 9.06. The van der Waals surface area contributed by atoms with Gasteiger partial charge in [0.1, 0.15) is 0 Å². The van der Waals surface area contributed by atoms with E-state index >= 15 is 0 Å². The van der Waals surface area contributed by atoms with Crippen molar-refractivity contribution in [3.63, 3.8) is 0 Å². The van der Waals surface area contributed by atoms with Crippen LogP contribution in [0.4, 0.5) is 5.69 Å². The number of aryl methyl sites for hydroxylation is 1. The van der Waals surface area contributed by atoms with Crippen molar-refractivity contribution >= 4 is 27.6 Å². The van der Waals surface area contributed by atoms with Crippen LogP contribution in [0.1, 0.15) is 12.0 Å². The van der Waals surface area contributed by atoms with Crippen LogP contribution in [0.5, 0.6) is 0 Å². The number of carboxylic acids is 1. The van der Waals surface area contributed by atoms with Crippen molar-refractivity contribution in [2.24, 2.45) is 0 Å². The van der Waals surface area contributed by atoms with E-state index in [0.717, 1.165) is 36.2 Å². The summed E-state index contributed by atoms with van der Waals surface area (Å²) in [6, 6.07) is 6.16. The summed E-state index contributed by atoms with van der Waals surface area (Å²) < 4.78 is 1.06. The summed E-state index contributed by atoms with van der Waals surface area (Å²) >= 11 is 3.60. The van der Waals surface area contributed by atoms with Crippen LogP contribution in [-0.2, 0) is 11.2 Å². The highest BCUT2D eigenvalue weighted by molar-refractivity contribution is 9.10. The van der Waals surface area contributed by atoms with Crippen molar-refractivity contribution in [3.05, 3.63) is 28.2 Å². The van der Waals surface area contributed by atoms with Crippen LogP contribution in [0.25, 0.3) is 0 Å². The third kappa shape index (κ3) is 3.94. The lowest BCUT2D eigenvalue weighted by molar-refractivity contribution is -0.136. The number of piperazine rings is 1. The van der Waals surface area contributed by atoms with Crippen molar-refractivity contribution in [3.8, 4) is 0 Å². The van der Waals surface area contributed by atoms with Crippen LogP contribution in [0.3, 0.4) is 0 Å². The summed E-state index contributed by atoms with van der Waals surface area (Å²) in [5.74, 6) is -0.751. The van der Waals surface area contributed by atoms with Crippen molar-refractivity contribution in [1.82, 2.24) is 4.90 Å². The Morgan fingerprint density at radius 1 is 1.32 bits per heavy atom. The molecule has 1 heterocycles. The van der Waals surface area contributed by atoms with Crippen LogP contribution in [0.15, 0.2) is 22.7 Å². The molecule has 1 aliphatic rings. The molecule has 0 saturated carbocycles. The van der Waals surface area contributed by atoms with E-state index in [9.17, 15) is 4.79 Å². The molecule has 1 fully saturated rings. The molecule has 0 bridgehead atoms. The highest BCUT2D eigenvalue weighted by atomic mass is 79.9. The monoisotopic (exact) mass is 326 g/mol. The zero-order valence-electron chi connectivity index (χ0n) is 11.1. The number of benzene rings is 1. The maximum absolute atomic E-state index is 10.6. The van der Waals surface area contributed by atoms with Crippen molar-refractivity contribution in [1.29, 1.82) is 0 Å². The highest BCUT2D eigenvalue weighted by Gasteiger charge is 2.16. The molecule has 0 aromatic heterocycles. The van der Waals surface area contributed by atoms with Gasteiger partial charge >= 0.3 is 5.97 Å². The van der Waals surface area contributed by atoms with Gasteiger partial charge in [-0.3, -0.25) is 4.79 Å². The van der Waals surface area contributed by atoms with Crippen molar-refractivity contribution < 1.29 is 9.90 Å². The fourth-order valence-corrected chi connectivity index (χ4v) is 2.94. The second-order valence-corrected chi connectivity index (χ2v) is 5.82. The molecule has 1 N–H and O–H groups in total. The summed E-state index contributed by atoms with van der Waals surface area (Å²) in [6.45, 7) is 4.22. The maximum Gasteiger partial charge on any atom is 0.303 e.